The molecule has 0 radical (unpaired) electrons. The largest absolute Gasteiger partial charge is 0.504 e. The average Bonchev–Trinajstić information content (AvgIpc) is 3.41. The van der Waals surface area contributed by atoms with Crippen LogP contribution >= 0.6 is 50.6 Å². The number of carbonyl (C=O) groups is 3. The summed E-state index contributed by atoms with van der Waals surface area (Å²) in [7, 11) is 1.41. The molecule has 0 aliphatic carbocycles. The summed E-state index contributed by atoms with van der Waals surface area (Å²) in [5, 5.41) is 13.1. The Balaban J connectivity index is 1.43. The molecule has 1 aromatic heterocycles. The predicted molar refractivity (Wildman–Crippen MR) is 165 cm³/mol. The number of nitrogens with zero attached hydrogens (tertiary/aromatic N) is 2. The van der Waals surface area contributed by atoms with Gasteiger partial charge in [-0.05, 0) is 66.2 Å². The Labute approximate surface area is 261 Å². The topological polar surface area (TPSA) is 118 Å². The smallest absolute Gasteiger partial charge is 0.308 e. The number of amides is 3. The van der Waals surface area contributed by atoms with Crippen LogP contribution in [0.25, 0.3) is 0 Å². The van der Waals surface area contributed by atoms with Crippen molar-refractivity contribution in [3.05, 3.63) is 96.3 Å². The first-order valence-corrected chi connectivity index (χ1v) is 15.5. The zero-order valence-electron chi connectivity index (χ0n) is 21.7. The highest BCUT2D eigenvalue weighted by atomic mass is 79.9. The maximum absolute atomic E-state index is 14.0. The van der Waals surface area contributed by atoms with Gasteiger partial charge in [-0.3, -0.25) is 23.7 Å². The number of halogens is 2. The first-order chi connectivity index (χ1) is 20.2. The van der Waals surface area contributed by atoms with Gasteiger partial charge in [0.25, 0.3) is 0 Å². The third-order valence-electron chi connectivity index (χ3n) is 7.13. The van der Waals surface area contributed by atoms with Crippen LogP contribution in [0.1, 0.15) is 16.4 Å². The minimum absolute atomic E-state index is 0.0850. The van der Waals surface area contributed by atoms with E-state index in [0.717, 1.165) is 27.6 Å². The van der Waals surface area contributed by atoms with Crippen LogP contribution in [0.3, 0.4) is 0 Å². The summed E-state index contributed by atoms with van der Waals surface area (Å²) in [5.74, 6) is -2.66. The zero-order valence-corrected chi connectivity index (χ0v) is 25.7. The van der Waals surface area contributed by atoms with Gasteiger partial charge in [-0.25, -0.2) is 4.90 Å². The van der Waals surface area contributed by atoms with Crippen LogP contribution in [-0.4, -0.2) is 39.8 Å². The lowest BCUT2D eigenvalue weighted by molar-refractivity contribution is -0.122. The molecule has 0 spiro atoms. The molecule has 2 unspecified atom stereocenters. The molecule has 4 aromatic rings. The molecule has 214 valence electrons. The number of imide groups is 1. The van der Waals surface area contributed by atoms with Crippen molar-refractivity contribution in [1.82, 2.24) is 4.57 Å². The van der Waals surface area contributed by atoms with E-state index in [0.29, 0.717) is 31.9 Å². The Morgan fingerprint density at radius 1 is 1.05 bits per heavy atom. The fraction of sp³-hybridized carbons (Fsp3) is 0.172. The number of anilines is 2. The molecule has 6 rings (SSSR count). The number of benzene rings is 3. The maximum Gasteiger partial charge on any atom is 0.308 e. The van der Waals surface area contributed by atoms with Crippen molar-refractivity contribution in [3.63, 3.8) is 0 Å². The van der Waals surface area contributed by atoms with Gasteiger partial charge in [0.1, 0.15) is 11.8 Å². The molecule has 2 N–H and O–H groups in total. The lowest BCUT2D eigenvalue weighted by Crippen LogP contribution is -2.33. The van der Waals surface area contributed by atoms with E-state index in [4.69, 9.17) is 16.3 Å². The van der Waals surface area contributed by atoms with Gasteiger partial charge in [-0.2, -0.15) is 0 Å². The van der Waals surface area contributed by atoms with Crippen LogP contribution in [0.2, 0.25) is 5.02 Å². The number of aromatic hydroxyl groups is 1. The van der Waals surface area contributed by atoms with Gasteiger partial charge < -0.3 is 15.2 Å². The van der Waals surface area contributed by atoms with Crippen molar-refractivity contribution in [2.75, 3.05) is 17.3 Å². The Morgan fingerprint density at radius 3 is 2.45 bits per heavy atom. The number of hydrogen-bond acceptors (Lipinski definition) is 8. The third kappa shape index (κ3) is 5.02. The minimum Gasteiger partial charge on any atom is -0.504 e. The van der Waals surface area contributed by atoms with Crippen molar-refractivity contribution in [1.29, 1.82) is 0 Å². The number of nitrogens with one attached hydrogen (secondary N) is 1. The number of phenols is 1. The molecule has 3 amide bonds. The van der Waals surface area contributed by atoms with Gasteiger partial charge >= 0.3 is 4.87 Å². The Hall–Kier alpha value is -3.58. The quantitative estimate of drug-likeness (QED) is 0.258. The molecule has 0 bridgehead atoms. The number of carbonyl (C=O) groups excluding carboxylic acids is 3. The zero-order chi connectivity index (χ0) is 29.7. The molecule has 9 nitrogen and oxygen atoms in total. The summed E-state index contributed by atoms with van der Waals surface area (Å²) in [6, 6.07) is 18.2. The van der Waals surface area contributed by atoms with Gasteiger partial charge in [0.15, 0.2) is 11.5 Å². The molecule has 2 aliphatic heterocycles. The van der Waals surface area contributed by atoms with E-state index in [1.807, 2.05) is 0 Å². The van der Waals surface area contributed by atoms with E-state index in [2.05, 4.69) is 21.2 Å². The second-order valence-electron chi connectivity index (χ2n) is 9.64. The molecule has 0 saturated carbocycles. The Morgan fingerprint density at radius 2 is 1.76 bits per heavy atom. The van der Waals surface area contributed by atoms with Crippen LogP contribution in [0, 0.1) is 5.92 Å². The predicted octanol–water partition coefficient (Wildman–Crippen LogP) is 5.47. The van der Waals surface area contributed by atoms with Crippen LogP contribution in [0.4, 0.5) is 11.4 Å². The highest BCUT2D eigenvalue weighted by Gasteiger charge is 2.57. The maximum atomic E-state index is 14.0. The molecule has 1 fully saturated rings. The highest BCUT2D eigenvalue weighted by Crippen LogP contribution is 2.54. The number of rotatable bonds is 6. The van der Waals surface area contributed by atoms with E-state index in [1.54, 1.807) is 60.7 Å². The monoisotopic (exact) mass is 685 g/mol. The lowest BCUT2D eigenvalue weighted by Gasteiger charge is -2.31. The average molecular weight is 687 g/mol. The first-order valence-electron chi connectivity index (χ1n) is 12.6. The number of ether oxygens (including phenoxy) is 1. The fourth-order valence-corrected chi connectivity index (χ4v) is 8.39. The van der Waals surface area contributed by atoms with Crippen molar-refractivity contribution >= 4 is 79.7 Å². The number of methoxy groups -OCH3 is 1. The second kappa shape index (κ2) is 11.3. The lowest BCUT2D eigenvalue weighted by atomic mass is 9.83. The number of aromatic nitrogens is 1. The van der Waals surface area contributed by atoms with Gasteiger partial charge in [0.05, 0.1) is 23.7 Å². The van der Waals surface area contributed by atoms with Crippen LogP contribution in [0.15, 0.2) is 81.0 Å². The Kier molecular flexibility index (Phi) is 7.64. The summed E-state index contributed by atoms with van der Waals surface area (Å²) in [6.45, 7) is -0.290. The van der Waals surface area contributed by atoms with E-state index < -0.39 is 34.8 Å². The SMILES string of the molecule is COc1cc([C@@H]2c3sc(=O)n(CC(=O)Nc4ccc(Cl)cc4)c3SC3C(=O)N(c4ccc(Br)cc4)C(=O)C32)ccc1O. The van der Waals surface area contributed by atoms with Crippen LogP contribution < -0.4 is 19.8 Å². The summed E-state index contributed by atoms with van der Waals surface area (Å²) >= 11 is 11.4. The highest BCUT2D eigenvalue weighted by molar-refractivity contribution is 9.10. The van der Waals surface area contributed by atoms with Gasteiger partial charge in [0.2, 0.25) is 17.7 Å². The molecule has 2 aliphatic rings. The van der Waals surface area contributed by atoms with Crippen molar-refractivity contribution in [2.45, 2.75) is 22.7 Å². The van der Waals surface area contributed by atoms with E-state index in [1.165, 1.54) is 22.6 Å². The molecular weight excluding hydrogens is 666 g/mol. The molecular formula is C29H21BrClN3O6S2. The molecule has 1 saturated heterocycles. The molecule has 3 heterocycles. The van der Waals surface area contributed by atoms with Gasteiger partial charge in [-0.1, -0.05) is 56.7 Å². The molecule has 3 atom stereocenters. The summed E-state index contributed by atoms with van der Waals surface area (Å²) in [4.78, 5) is 55.5. The fourth-order valence-electron chi connectivity index (χ4n) is 5.22. The number of thiazole rings is 1. The Bertz CT molecular complexity index is 1790. The number of hydrogen-bond donors (Lipinski definition) is 2. The van der Waals surface area contributed by atoms with Gasteiger partial charge in [0, 0.05) is 26.0 Å². The van der Waals surface area contributed by atoms with Crippen molar-refractivity contribution in [2.24, 2.45) is 5.92 Å². The van der Waals surface area contributed by atoms with Crippen LogP contribution in [-0.2, 0) is 20.9 Å². The first kappa shape index (κ1) is 28.5. The van der Waals surface area contributed by atoms with E-state index in [-0.39, 0.29) is 22.9 Å². The normalized spacial score (nSPS) is 19.4. The van der Waals surface area contributed by atoms with Crippen molar-refractivity contribution in [3.8, 4) is 11.5 Å². The molecule has 13 heteroatoms. The minimum atomic E-state index is -0.849. The number of phenolic OH excluding ortho intramolecular Hbond substituents is 1. The van der Waals surface area contributed by atoms with Gasteiger partial charge in [-0.15, -0.1) is 0 Å². The second-order valence-corrected chi connectivity index (χ2v) is 13.1. The standard InChI is InChI=1S/C29H21BrClN3O6S2/c1-40-20-12-14(2-11-19(20)35)22-23-24(27(38)34(26(23)37)18-9-3-15(30)4-10-18)41-28-25(22)42-29(39)33(28)13-21(36)32-17-7-5-16(31)6-8-17/h2-12,22-24,35H,13H2,1H3,(H,32,36)/t22-,23?,24?/m0/s1. The summed E-state index contributed by atoms with van der Waals surface area (Å²) in [6.07, 6.45) is 0. The number of thioether (sulfide) groups is 1. The van der Waals surface area contributed by atoms with Crippen molar-refractivity contribution < 1.29 is 24.2 Å². The number of fused-ring (bicyclic) bond motifs is 2. The van der Waals surface area contributed by atoms with E-state index in [9.17, 15) is 24.3 Å². The van der Waals surface area contributed by atoms with Crippen LogP contribution in [0.5, 0.6) is 11.5 Å². The summed E-state index contributed by atoms with van der Waals surface area (Å²) < 4.78 is 7.47. The molecule has 3 aromatic carbocycles. The third-order valence-corrected chi connectivity index (χ3v) is 10.5. The summed E-state index contributed by atoms with van der Waals surface area (Å²) in [5.41, 5.74) is 1.55. The molecule has 42 heavy (non-hydrogen) atoms. The van der Waals surface area contributed by atoms with E-state index >= 15 is 0 Å².